The molecule has 2 fully saturated rings. The first kappa shape index (κ1) is 15.1. The second-order valence-corrected chi connectivity index (χ2v) is 7.23. The van der Waals surface area contributed by atoms with E-state index in [0.29, 0.717) is 24.0 Å². The lowest BCUT2D eigenvalue weighted by Gasteiger charge is -2.51. The molecule has 2 unspecified atom stereocenters. The summed E-state index contributed by atoms with van der Waals surface area (Å²) in [5.41, 5.74) is 0. The van der Waals surface area contributed by atoms with Gasteiger partial charge in [-0.3, -0.25) is 0 Å². The number of benzene rings is 1. The molecule has 0 aromatic heterocycles. The number of hydrogen-bond donors (Lipinski definition) is 0. The Kier molecular flexibility index (Phi) is 4.43. The Bertz CT molecular complexity index is 493. The fourth-order valence-corrected chi connectivity index (χ4v) is 4.29. The normalized spacial score (nSPS) is 33.2. The Morgan fingerprint density at radius 3 is 2.76 bits per heavy atom. The van der Waals surface area contributed by atoms with Gasteiger partial charge >= 0.3 is 0 Å². The number of hydrogen-bond acceptors (Lipinski definition) is 3. The molecule has 4 heteroatoms. The van der Waals surface area contributed by atoms with Crippen LogP contribution in [0.3, 0.4) is 0 Å². The number of piperidine rings is 1. The van der Waals surface area contributed by atoms with Crippen LogP contribution < -0.4 is 4.74 Å². The molecule has 1 saturated carbocycles. The van der Waals surface area contributed by atoms with Crippen LogP contribution in [0.5, 0.6) is 5.75 Å². The van der Waals surface area contributed by atoms with Crippen molar-refractivity contribution in [2.75, 3.05) is 34.2 Å². The van der Waals surface area contributed by atoms with E-state index in [1.54, 1.807) is 0 Å². The van der Waals surface area contributed by atoms with E-state index in [4.69, 9.17) is 16.3 Å². The molecule has 1 aliphatic heterocycles. The van der Waals surface area contributed by atoms with Crippen molar-refractivity contribution in [3.8, 4) is 5.75 Å². The van der Waals surface area contributed by atoms with Crippen LogP contribution in [0.25, 0.3) is 0 Å². The molecule has 4 atom stereocenters. The fourth-order valence-electron chi connectivity index (χ4n) is 4.11. The predicted octanol–water partition coefficient (Wildman–Crippen LogP) is 2.99. The van der Waals surface area contributed by atoms with Gasteiger partial charge in [0.25, 0.3) is 0 Å². The van der Waals surface area contributed by atoms with Crippen molar-refractivity contribution >= 4 is 11.6 Å². The fraction of sp³-hybridized carbons (Fsp3) is 0.647. The molecular weight excluding hydrogens is 284 g/mol. The average Bonchev–Trinajstić information content (AvgIpc) is 2.39. The first-order valence-corrected chi connectivity index (χ1v) is 8.19. The summed E-state index contributed by atoms with van der Waals surface area (Å²) >= 11 is 6.09. The third-order valence-electron chi connectivity index (χ3n) is 5.01. The molecule has 1 aliphatic carbocycles. The van der Waals surface area contributed by atoms with Crippen molar-refractivity contribution < 1.29 is 4.74 Å². The smallest absolute Gasteiger partial charge is 0.121 e. The SMILES string of the molecule is CN1CC2CC[C@@H](N(C)C)C(C1)[C@@H]2Oc1cccc(Cl)c1. The molecule has 116 valence electrons. The second-order valence-electron chi connectivity index (χ2n) is 6.79. The predicted molar refractivity (Wildman–Crippen MR) is 87.1 cm³/mol. The molecule has 3 nitrogen and oxygen atoms in total. The minimum Gasteiger partial charge on any atom is -0.490 e. The molecule has 1 aromatic carbocycles. The maximum absolute atomic E-state index is 6.39. The molecule has 0 N–H and O–H groups in total. The zero-order chi connectivity index (χ0) is 15.0. The molecular formula is C17H25ClN2O. The third-order valence-corrected chi connectivity index (χ3v) is 5.25. The van der Waals surface area contributed by atoms with Crippen LogP contribution >= 0.6 is 11.6 Å². The second kappa shape index (κ2) is 6.15. The minimum absolute atomic E-state index is 0.306. The summed E-state index contributed by atoms with van der Waals surface area (Å²) in [5, 5.41) is 0.745. The lowest BCUT2D eigenvalue weighted by atomic mass is 9.72. The monoisotopic (exact) mass is 308 g/mol. The van der Waals surface area contributed by atoms with Crippen LogP contribution in [0.4, 0.5) is 0 Å². The number of fused-ring (bicyclic) bond motifs is 2. The van der Waals surface area contributed by atoms with Crippen LogP contribution in [0.1, 0.15) is 12.8 Å². The molecule has 2 aliphatic rings. The number of ether oxygens (including phenoxy) is 1. The number of likely N-dealkylation sites (tertiary alicyclic amines) is 1. The summed E-state index contributed by atoms with van der Waals surface area (Å²) in [5.74, 6) is 2.10. The van der Waals surface area contributed by atoms with Crippen LogP contribution in [0, 0.1) is 11.8 Å². The van der Waals surface area contributed by atoms with Crippen molar-refractivity contribution in [2.45, 2.75) is 25.0 Å². The van der Waals surface area contributed by atoms with E-state index in [1.807, 2.05) is 24.3 Å². The van der Waals surface area contributed by atoms with Gasteiger partial charge in [-0.2, -0.15) is 0 Å². The van der Waals surface area contributed by atoms with Crippen LogP contribution in [-0.4, -0.2) is 56.2 Å². The molecule has 3 rings (SSSR count). The van der Waals surface area contributed by atoms with Gasteiger partial charge < -0.3 is 14.5 Å². The lowest BCUT2D eigenvalue weighted by molar-refractivity contribution is -0.0622. The van der Waals surface area contributed by atoms with E-state index < -0.39 is 0 Å². The van der Waals surface area contributed by atoms with Gasteiger partial charge in [0, 0.05) is 36.0 Å². The van der Waals surface area contributed by atoms with Crippen molar-refractivity contribution in [2.24, 2.45) is 11.8 Å². The molecule has 1 heterocycles. The average molecular weight is 309 g/mol. The van der Waals surface area contributed by atoms with Gasteiger partial charge in [0.2, 0.25) is 0 Å². The number of rotatable bonds is 3. The molecule has 21 heavy (non-hydrogen) atoms. The van der Waals surface area contributed by atoms with Gasteiger partial charge in [0.15, 0.2) is 0 Å². The highest BCUT2D eigenvalue weighted by molar-refractivity contribution is 6.30. The zero-order valence-electron chi connectivity index (χ0n) is 13.1. The maximum atomic E-state index is 6.39. The first-order valence-electron chi connectivity index (χ1n) is 7.82. The Morgan fingerprint density at radius 2 is 2.05 bits per heavy atom. The Hall–Kier alpha value is -0.770. The molecule has 1 saturated heterocycles. The minimum atomic E-state index is 0.306. The highest BCUT2D eigenvalue weighted by Crippen LogP contribution is 2.39. The van der Waals surface area contributed by atoms with E-state index in [9.17, 15) is 0 Å². The summed E-state index contributed by atoms with van der Waals surface area (Å²) in [6, 6.07) is 8.41. The molecule has 0 amide bonds. The number of nitrogens with zero attached hydrogens (tertiary/aromatic N) is 2. The summed E-state index contributed by atoms with van der Waals surface area (Å²) in [4.78, 5) is 4.83. The van der Waals surface area contributed by atoms with Gasteiger partial charge in [-0.05, 0) is 52.2 Å². The highest BCUT2D eigenvalue weighted by atomic mass is 35.5. The Morgan fingerprint density at radius 1 is 1.24 bits per heavy atom. The molecule has 0 radical (unpaired) electrons. The lowest BCUT2D eigenvalue weighted by Crippen LogP contribution is -2.60. The summed E-state index contributed by atoms with van der Waals surface area (Å²) in [6.07, 6.45) is 2.83. The Labute approximate surface area is 132 Å². The van der Waals surface area contributed by atoms with Crippen LogP contribution in [-0.2, 0) is 0 Å². The van der Waals surface area contributed by atoms with Gasteiger partial charge in [-0.15, -0.1) is 0 Å². The maximum Gasteiger partial charge on any atom is 0.121 e. The van der Waals surface area contributed by atoms with Gasteiger partial charge in [0.1, 0.15) is 11.9 Å². The van der Waals surface area contributed by atoms with E-state index in [1.165, 1.54) is 12.8 Å². The topological polar surface area (TPSA) is 15.7 Å². The summed E-state index contributed by atoms with van der Waals surface area (Å²) in [7, 11) is 6.61. The van der Waals surface area contributed by atoms with Crippen molar-refractivity contribution in [3.05, 3.63) is 29.3 Å². The molecule has 1 aromatic rings. The van der Waals surface area contributed by atoms with E-state index in [-0.39, 0.29) is 0 Å². The van der Waals surface area contributed by atoms with E-state index in [0.717, 1.165) is 23.9 Å². The zero-order valence-corrected chi connectivity index (χ0v) is 13.9. The highest BCUT2D eigenvalue weighted by Gasteiger charge is 2.45. The van der Waals surface area contributed by atoms with Gasteiger partial charge in [0.05, 0.1) is 0 Å². The molecule has 2 bridgehead atoms. The first-order chi connectivity index (χ1) is 10.0. The summed E-state index contributed by atoms with van der Waals surface area (Å²) in [6.45, 7) is 2.26. The van der Waals surface area contributed by atoms with Crippen molar-refractivity contribution in [3.63, 3.8) is 0 Å². The van der Waals surface area contributed by atoms with Crippen molar-refractivity contribution in [1.29, 1.82) is 0 Å². The Balaban J connectivity index is 1.82. The van der Waals surface area contributed by atoms with Gasteiger partial charge in [-0.25, -0.2) is 0 Å². The van der Waals surface area contributed by atoms with Gasteiger partial charge in [-0.1, -0.05) is 17.7 Å². The summed E-state index contributed by atoms with van der Waals surface area (Å²) < 4.78 is 6.39. The quantitative estimate of drug-likeness (QED) is 0.854. The number of halogens is 1. The third kappa shape index (κ3) is 3.20. The van der Waals surface area contributed by atoms with Crippen LogP contribution in [0.2, 0.25) is 5.02 Å². The van der Waals surface area contributed by atoms with Crippen molar-refractivity contribution in [1.82, 2.24) is 9.80 Å². The largest absolute Gasteiger partial charge is 0.490 e. The standard InChI is InChI=1S/C17H25ClN2O/c1-19(2)16-8-7-12-10-20(3)11-15(16)17(12)21-14-6-4-5-13(18)9-14/h4-6,9,12,15-17H,7-8,10-11H2,1-3H3/t12?,15?,16-,17-/m1/s1. The van der Waals surface area contributed by atoms with E-state index >= 15 is 0 Å². The van der Waals surface area contributed by atoms with Crippen LogP contribution in [0.15, 0.2) is 24.3 Å². The molecule has 0 spiro atoms. The van der Waals surface area contributed by atoms with E-state index in [2.05, 4.69) is 30.9 Å².